The largest absolute Gasteiger partial charge is 0.338 e. The van der Waals surface area contributed by atoms with Gasteiger partial charge in [-0.1, -0.05) is 0 Å². The molecule has 0 aliphatic carbocycles. The lowest BCUT2D eigenvalue weighted by molar-refractivity contribution is 0.0706. The van der Waals surface area contributed by atoms with Crippen molar-refractivity contribution in [3.05, 3.63) is 60.2 Å². The highest BCUT2D eigenvalue weighted by molar-refractivity contribution is 5.93. The maximum atomic E-state index is 13.0. The van der Waals surface area contributed by atoms with E-state index in [1.807, 2.05) is 43.3 Å². The van der Waals surface area contributed by atoms with Crippen LogP contribution in [0.3, 0.4) is 0 Å². The molecule has 3 aromatic rings. The zero-order chi connectivity index (χ0) is 19.5. The molecule has 4 heterocycles. The fourth-order valence-corrected chi connectivity index (χ4v) is 3.77. The maximum Gasteiger partial charge on any atom is 0.257 e. The first-order chi connectivity index (χ1) is 13.7. The zero-order valence-electron chi connectivity index (χ0n) is 16.2. The summed E-state index contributed by atoms with van der Waals surface area (Å²) in [4.78, 5) is 28.2. The first-order valence-electron chi connectivity index (χ1n) is 9.71. The van der Waals surface area contributed by atoms with Crippen molar-refractivity contribution < 1.29 is 4.79 Å². The molecular weight excluding hydrogens is 352 g/mol. The molecule has 1 atom stereocenters. The summed E-state index contributed by atoms with van der Waals surface area (Å²) in [6.45, 7) is 6.10. The molecule has 4 rings (SSSR count). The summed E-state index contributed by atoms with van der Waals surface area (Å²) in [7, 11) is 0. The standard InChI is InChI=1S/C21H24N6O/c1-3-27-14-18(11-24-27)21(28)26-10-4-5-17(13-26)20-19(12-23-15(2)25-20)16-6-8-22-9-7-16/h6-9,11-12,14,17H,3-5,10,13H2,1-2H3/t17-/m1/s1. The number of hydrogen-bond acceptors (Lipinski definition) is 5. The Hall–Kier alpha value is -3.09. The van der Waals surface area contributed by atoms with Crippen LogP contribution in [0.5, 0.6) is 0 Å². The Kier molecular flexibility index (Phi) is 5.14. The highest BCUT2D eigenvalue weighted by Crippen LogP contribution is 2.33. The van der Waals surface area contributed by atoms with E-state index >= 15 is 0 Å². The van der Waals surface area contributed by atoms with Crippen LogP contribution in [-0.2, 0) is 6.54 Å². The molecule has 0 aromatic carbocycles. The van der Waals surface area contributed by atoms with E-state index in [0.29, 0.717) is 12.1 Å². The van der Waals surface area contributed by atoms with Gasteiger partial charge in [-0.3, -0.25) is 14.5 Å². The Morgan fingerprint density at radius 1 is 1.25 bits per heavy atom. The molecule has 0 saturated carbocycles. The molecular formula is C21H24N6O. The molecule has 1 saturated heterocycles. The summed E-state index contributed by atoms with van der Waals surface area (Å²) < 4.78 is 1.78. The quantitative estimate of drug-likeness (QED) is 0.699. The smallest absolute Gasteiger partial charge is 0.257 e. The number of carbonyl (C=O) groups excluding carboxylic acids is 1. The first-order valence-corrected chi connectivity index (χ1v) is 9.71. The summed E-state index contributed by atoms with van der Waals surface area (Å²) in [5.74, 6) is 0.977. The minimum atomic E-state index is 0.0423. The van der Waals surface area contributed by atoms with Gasteiger partial charge in [0.05, 0.1) is 17.5 Å². The Morgan fingerprint density at radius 3 is 2.82 bits per heavy atom. The van der Waals surface area contributed by atoms with Gasteiger partial charge in [0, 0.05) is 55.9 Å². The van der Waals surface area contributed by atoms with Crippen LogP contribution in [0.1, 0.15) is 47.6 Å². The molecule has 0 radical (unpaired) electrons. The third-order valence-electron chi connectivity index (χ3n) is 5.23. The second-order valence-corrected chi connectivity index (χ2v) is 7.13. The van der Waals surface area contributed by atoms with Gasteiger partial charge in [-0.05, 0) is 44.4 Å². The number of pyridine rings is 1. The van der Waals surface area contributed by atoms with Gasteiger partial charge in [-0.15, -0.1) is 0 Å². The van der Waals surface area contributed by atoms with Crippen LogP contribution in [0.25, 0.3) is 11.1 Å². The number of rotatable bonds is 4. The van der Waals surface area contributed by atoms with Crippen molar-refractivity contribution in [2.75, 3.05) is 13.1 Å². The molecule has 28 heavy (non-hydrogen) atoms. The van der Waals surface area contributed by atoms with E-state index < -0.39 is 0 Å². The van der Waals surface area contributed by atoms with Crippen LogP contribution in [0.2, 0.25) is 0 Å². The van der Waals surface area contributed by atoms with Crippen molar-refractivity contribution >= 4 is 5.91 Å². The van der Waals surface area contributed by atoms with Crippen LogP contribution in [-0.4, -0.2) is 48.6 Å². The van der Waals surface area contributed by atoms with Gasteiger partial charge in [0.25, 0.3) is 5.91 Å². The lowest BCUT2D eigenvalue weighted by Gasteiger charge is -2.33. The van der Waals surface area contributed by atoms with E-state index in [4.69, 9.17) is 4.98 Å². The van der Waals surface area contributed by atoms with Crippen LogP contribution in [0.4, 0.5) is 0 Å². The van der Waals surface area contributed by atoms with Crippen molar-refractivity contribution in [1.82, 2.24) is 29.6 Å². The number of aryl methyl sites for hydroxylation is 2. The molecule has 1 fully saturated rings. The van der Waals surface area contributed by atoms with Gasteiger partial charge in [0.15, 0.2) is 0 Å². The second-order valence-electron chi connectivity index (χ2n) is 7.13. The van der Waals surface area contributed by atoms with Gasteiger partial charge in [0.2, 0.25) is 0 Å². The second kappa shape index (κ2) is 7.88. The molecule has 1 aliphatic heterocycles. The fourth-order valence-electron chi connectivity index (χ4n) is 3.77. The van der Waals surface area contributed by atoms with E-state index in [1.165, 1.54) is 0 Å². The normalized spacial score (nSPS) is 16.9. The van der Waals surface area contributed by atoms with Crippen molar-refractivity contribution in [2.45, 2.75) is 39.2 Å². The SMILES string of the molecule is CCn1cc(C(=O)N2CCC[C@@H](c3nc(C)ncc3-c3ccncc3)C2)cn1. The fraction of sp³-hybridized carbons (Fsp3) is 0.381. The molecule has 0 unspecified atom stereocenters. The van der Waals surface area contributed by atoms with E-state index in [1.54, 1.807) is 23.3 Å². The average molecular weight is 376 g/mol. The number of carbonyl (C=O) groups is 1. The lowest BCUT2D eigenvalue weighted by Crippen LogP contribution is -2.39. The molecule has 7 heteroatoms. The van der Waals surface area contributed by atoms with Crippen molar-refractivity contribution in [1.29, 1.82) is 0 Å². The van der Waals surface area contributed by atoms with Crippen LogP contribution in [0, 0.1) is 6.92 Å². The predicted molar refractivity (Wildman–Crippen MR) is 106 cm³/mol. The topological polar surface area (TPSA) is 76.8 Å². The van der Waals surface area contributed by atoms with Gasteiger partial charge in [-0.2, -0.15) is 5.10 Å². The molecule has 0 bridgehead atoms. The van der Waals surface area contributed by atoms with E-state index in [9.17, 15) is 4.79 Å². The molecule has 0 spiro atoms. The van der Waals surface area contributed by atoms with E-state index in [2.05, 4.69) is 15.1 Å². The number of piperidine rings is 1. The highest BCUT2D eigenvalue weighted by Gasteiger charge is 2.29. The minimum Gasteiger partial charge on any atom is -0.338 e. The molecule has 1 amide bonds. The molecule has 144 valence electrons. The maximum absolute atomic E-state index is 13.0. The summed E-state index contributed by atoms with van der Waals surface area (Å²) in [6, 6.07) is 3.95. The lowest BCUT2D eigenvalue weighted by atomic mass is 9.90. The minimum absolute atomic E-state index is 0.0423. The third kappa shape index (κ3) is 3.65. The van der Waals surface area contributed by atoms with Gasteiger partial charge < -0.3 is 4.90 Å². The summed E-state index contributed by atoms with van der Waals surface area (Å²) in [5.41, 5.74) is 3.74. The summed E-state index contributed by atoms with van der Waals surface area (Å²) >= 11 is 0. The average Bonchev–Trinajstić information content (AvgIpc) is 3.23. The van der Waals surface area contributed by atoms with Gasteiger partial charge in [0.1, 0.15) is 5.82 Å². The Labute approximate surface area is 164 Å². The van der Waals surface area contributed by atoms with Crippen LogP contribution < -0.4 is 0 Å². The number of nitrogens with zero attached hydrogens (tertiary/aromatic N) is 6. The Balaban J connectivity index is 1.61. The Morgan fingerprint density at radius 2 is 2.07 bits per heavy atom. The van der Waals surface area contributed by atoms with E-state index in [0.717, 1.165) is 48.6 Å². The van der Waals surface area contributed by atoms with Crippen molar-refractivity contribution in [2.24, 2.45) is 0 Å². The van der Waals surface area contributed by atoms with Crippen LogP contribution >= 0.6 is 0 Å². The van der Waals surface area contributed by atoms with Gasteiger partial charge >= 0.3 is 0 Å². The van der Waals surface area contributed by atoms with Crippen molar-refractivity contribution in [3.8, 4) is 11.1 Å². The Bertz CT molecular complexity index is 968. The van der Waals surface area contributed by atoms with Crippen molar-refractivity contribution in [3.63, 3.8) is 0 Å². The predicted octanol–water partition coefficient (Wildman–Crippen LogP) is 3.08. The summed E-state index contributed by atoms with van der Waals surface area (Å²) in [6.07, 6.45) is 10.9. The van der Waals surface area contributed by atoms with E-state index in [-0.39, 0.29) is 11.8 Å². The van der Waals surface area contributed by atoms with Crippen LogP contribution in [0.15, 0.2) is 43.1 Å². The monoisotopic (exact) mass is 376 g/mol. The number of amides is 1. The number of likely N-dealkylation sites (tertiary alicyclic amines) is 1. The number of aromatic nitrogens is 5. The first kappa shape index (κ1) is 18.3. The molecule has 0 N–H and O–H groups in total. The molecule has 7 nitrogen and oxygen atoms in total. The molecule has 3 aromatic heterocycles. The van der Waals surface area contributed by atoms with Gasteiger partial charge in [-0.25, -0.2) is 9.97 Å². The highest BCUT2D eigenvalue weighted by atomic mass is 16.2. The zero-order valence-corrected chi connectivity index (χ0v) is 16.2. The number of hydrogen-bond donors (Lipinski definition) is 0. The summed E-state index contributed by atoms with van der Waals surface area (Å²) in [5, 5.41) is 4.24. The third-order valence-corrected chi connectivity index (χ3v) is 5.23. The molecule has 1 aliphatic rings.